The van der Waals surface area contributed by atoms with E-state index in [1.165, 1.54) is 0 Å². The van der Waals surface area contributed by atoms with Crippen LogP contribution in [0.3, 0.4) is 0 Å². The van der Waals surface area contributed by atoms with Crippen molar-refractivity contribution in [2.45, 2.75) is 25.4 Å². The largest absolute Gasteiger partial charge is 0.394 e. The van der Waals surface area contributed by atoms with E-state index in [9.17, 15) is 9.90 Å². The van der Waals surface area contributed by atoms with Gasteiger partial charge in [-0.05, 0) is 26.0 Å². The third kappa shape index (κ3) is 2.18. The van der Waals surface area contributed by atoms with Gasteiger partial charge in [0.25, 0.3) is 0 Å². The molecule has 1 aromatic carbocycles. The number of hydrogen-bond donors (Lipinski definition) is 2. The van der Waals surface area contributed by atoms with Gasteiger partial charge in [0.2, 0.25) is 5.91 Å². The molecule has 1 unspecified atom stereocenters. The number of aliphatic hydroxyl groups excluding tert-OH is 1. The Balaban J connectivity index is 2.36. The van der Waals surface area contributed by atoms with Gasteiger partial charge in [0, 0.05) is 12.2 Å². The molecule has 4 heteroatoms. The summed E-state index contributed by atoms with van der Waals surface area (Å²) in [5.74, 6) is -0.0741. The fraction of sp³-hybridized carbons (Fsp3) is 0.462. The first-order chi connectivity index (χ1) is 8.06. The minimum Gasteiger partial charge on any atom is -0.394 e. The summed E-state index contributed by atoms with van der Waals surface area (Å²) in [4.78, 5) is 14.0. The standard InChI is InChI=1S/C13H18N2O2/c1-13(2)9-14-11(8-16)12(17)15(13)10-6-4-3-5-7-10/h3-7,11,14,16H,8-9H2,1-2H3. The number of carbonyl (C=O) groups excluding carboxylic acids is 1. The van der Waals surface area contributed by atoms with Gasteiger partial charge in [-0.3, -0.25) is 4.79 Å². The molecule has 1 heterocycles. The average Bonchev–Trinajstić information content (AvgIpc) is 2.30. The number of anilines is 1. The molecule has 0 bridgehead atoms. The Hall–Kier alpha value is -1.39. The Morgan fingerprint density at radius 1 is 1.41 bits per heavy atom. The van der Waals surface area contributed by atoms with Crippen molar-refractivity contribution < 1.29 is 9.90 Å². The number of carbonyl (C=O) groups is 1. The Kier molecular flexibility index (Phi) is 3.17. The SMILES string of the molecule is CC1(C)CNC(CO)C(=O)N1c1ccccc1. The molecule has 0 radical (unpaired) electrons. The van der Waals surface area contributed by atoms with Crippen molar-refractivity contribution in [3.05, 3.63) is 30.3 Å². The molecule has 1 aromatic rings. The van der Waals surface area contributed by atoms with Crippen LogP contribution < -0.4 is 10.2 Å². The lowest BCUT2D eigenvalue weighted by molar-refractivity contribution is -0.124. The van der Waals surface area contributed by atoms with E-state index in [0.29, 0.717) is 6.54 Å². The molecule has 2 N–H and O–H groups in total. The minimum absolute atomic E-state index is 0.0741. The summed E-state index contributed by atoms with van der Waals surface area (Å²) in [6, 6.07) is 9.08. The van der Waals surface area contributed by atoms with Crippen LogP contribution in [-0.2, 0) is 4.79 Å². The molecule has 2 rings (SSSR count). The van der Waals surface area contributed by atoms with Crippen molar-refractivity contribution in [1.82, 2.24) is 5.32 Å². The fourth-order valence-corrected chi connectivity index (χ4v) is 2.19. The molecule has 0 aromatic heterocycles. The Morgan fingerprint density at radius 2 is 2.06 bits per heavy atom. The Labute approximate surface area is 101 Å². The molecule has 1 saturated heterocycles. The van der Waals surface area contributed by atoms with Crippen LogP contribution in [0.1, 0.15) is 13.8 Å². The second kappa shape index (κ2) is 4.47. The molecular weight excluding hydrogens is 216 g/mol. The number of benzene rings is 1. The van der Waals surface area contributed by atoms with Crippen molar-refractivity contribution >= 4 is 11.6 Å². The van der Waals surface area contributed by atoms with Crippen LogP contribution in [0.15, 0.2) is 30.3 Å². The highest BCUT2D eigenvalue weighted by atomic mass is 16.3. The molecule has 1 aliphatic rings. The lowest BCUT2D eigenvalue weighted by atomic mass is 9.96. The van der Waals surface area contributed by atoms with Crippen molar-refractivity contribution in [3.8, 4) is 0 Å². The topological polar surface area (TPSA) is 52.6 Å². The van der Waals surface area contributed by atoms with E-state index < -0.39 is 6.04 Å². The van der Waals surface area contributed by atoms with Crippen LogP contribution in [0.5, 0.6) is 0 Å². The van der Waals surface area contributed by atoms with E-state index in [4.69, 9.17) is 0 Å². The second-order valence-corrected chi connectivity index (χ2v) is 4.94. The predicted molar refractivity (Wildman–Crippen MR) is 66.9 cm³/mol. The smallest absolute Gasteiger partial charge is 0.247 e. The third-order valence-electron chi connectivity index (χ3n) is 3.10. The van der Waals surface area contributed by atoms with E-state index in [0.717, 1.165) is 5.69 Å². The lowest BCUT2D eigenvalue weighted by Crippen LogP contribution is -2.66. The van der Waals surface area contributed by atoms with Gasteiger partial charge in [-0.2, -0.15) is 0 Å². The van der Waals surface area contributed by atoms with E-state index in [-0.39, 0.29) is 18.1 Å². The van der Waals surface area contributed by atoms with Crippen LogP contribution in [-0.4, -0.2) is 35.7 Å². The predicted octanol–water partition coefficient (Wildman–Crippen LogP) is 0.762. The van der Waals surface area contributed by atoms with E-state index >= 15 is 0 Å². The van der Waals surface area contributed by atoms with Crippen molar-refractivity contribution in [3.63, 3.8) is 0 Å². The number of amides is 1. The zero-order valence-electron chi connectivity index (χ0n) is 10.2. The van der Waals surface area contributed by atoms with E-state index in [2.05, 4.69) is 5.32 Å². The molecule has 4 nitrogen and oxygen atoms in total. The maximum atomic E-state index is 12.3. The number of piperazine rings is 1. The van der Waals surface area contributed by atoms with Crippen molar-refractivity contribution in [2.24, 2.45) is 0 Å². The maximum Gasteiger partial charge on any atom is 0.247 e. The lowest BCUT2D eigenvalue weighted by Gasteiger charge is -2.45. The summed E-state index contributed by atoms with van der Waals surface area (Å²) in [6.45, 7) is 4.52. The van der Waals surface area contributed by atoms with Crippen LogP contribution in [0.2, 0.25) is 0 Å². The fourth-order valence-electron chi connectivity index (χ4n) is 2.19. The third-order valence-corrected chi connectivity index (χ3v) is 3.10. The zero-order valence-corrected chi connectivity index (χ0v) is 10.2. The quantitative estimate of drug-likeness (QED) is 0.794. The van der Waals surface area contributed by atoms with Gasteiger partial charge in [-0.1, -0.05) is 18.2 Å². The summed E-state index contributed by atoms with van der Waals surface area (Å²) in [5, 5.41) is 12.3. The summed E-state index contributed by atoms with van der Waals surface area (Å²) >= 11 is 0. The number of nitrogens with one attached hydrogen (secondary N) is 1. The normalized spacial score (nSPS) is 23.8. The molecule has 92 valence electrons. The van der Waals surface area contributed by atoms with Gasteiger partial charge >= 0.3 is 0 Å². The van der Waals surface area contributed by atoms with Crippen LogP contribution in [0.25, 0.3) is 0 Å². The van der Waals surface area contributed by atoms with Crippen LogP contribution >= 0.6 is 0 Å². The number of rotatable bonds is 2. The van der Waals surface area contributed by atoms with Crippen molar-refractivity contribution in [2.75, 3.05) is 18.1 Å². The van der Waals surface area contributed by atoms with Gasteiger partial charge < -0.3 is 15.3 Å². The van der Waals surface area contributed by atoms with E-state index in [1.807, 2.05) is 44.2 Å². The molecule has 1 aliphatic heterocycles. The zero-order chi connectivity index (χ0) is 12.5. The van der Waals surface area contributed by atoms with Gasteiger partial charge in [0.05, 0.1) is 12.1 Å². The summed E-state index contributed by atoms with van der Waals surface area (Å²) < 4.78 is 0. The van der Waals surface area contributed by atoms with Crippen LogP contribution in [0, 0.1) is 0 Å². The summed E-state index contributed by atoms with van der Waals surface area (Å²) in [7, 11) is 0. The molecule has 0 aliphatic carbocycles. The highest BCUT2D eigenvalue weighted by Gasteiger charge is 2.40. The maximum absolute atomic E-state index is 12.3. The second-order valence-electron chi connectivity index (χ2n) is 4.94. The molecule has 17 heavy (non-hydrogen) atoms. The van der Waals surface area contributed by atoms with Gasteiger partial charge in [0.15, 0.2) is 0 Å². The average molecular weight is 234 g/mol. The van der Waals surface area contributed by atoms with Gasteiger partial charge in [-0.15, -0.1) is 0 Å². The van der Waals surface area contributed by atoms with Gasteiger partial charge in [0.1, 0.15) is 6.04 Å². The highest BCUT2D eigenvalue weighted by Crippen LogP contribution is 2.27. The molecular formula is C13H18N2O2. The first-order valence-electron chi connectivity index (χ1n) is 5.79. The summed E-state index contributed by atoms with van der Waals surface area (Å²) in [6.07, 6.45) is 0. The first kappa shape index (κ1) is 12.1. The highest BCUT2D eigenvalue weighted by molar-refractivity contribution is 5.99. The van der Waals surface area contributed by atoms with Gasteiger partial charge in [-0.25, -0.2) is 0 Å². The van der Waals surface area contributed by atoms with E-state index in [1.54, 1.807) is 4.90 Å². The molecule has 0 saturated carbocycles. The molecule has 1 amide bonds. The number of nitrogens with zero attached hydrogens (tertiary/aromatic N) is 1. The monoisotopic (exact) mass is 234 g/mol. The number of aliphatic hydroxyl groups is 1. The summed E-state index contributed by atoms with van der Waals surface area (Å²) in [5.41, 5.74) is 0.590. The van der Waals surface area contributed by atoms with Crippen molar-refractivity contribution in [1.29, 1.82) is 0 Å². The Bertz CT molecular complexity index is 403. The van der Waals surface area contributed by atoms with Crippen LogP contribution in [0.4, 0.5) is 5.69 Å². The first-order valence-corrected chi connectivity index (χ1v) is 5.79. The number of para-hydroxylation sites is 1. The molecule has 1 fully saturated rings. The molecule has 0 spiro atoms. The minimum atomic E-state index is -0.497. The molecule has 1 atom stereocenters. The number of hydrogen-bond acceptors (Lipinski definition) is 3. The Morgan fingerprint density at radius 3 is 2.65 bits per heavy atom.